The van der Waals surface area contributed by atoms with E-state index in [1.165, 1.54) is 38.6 Å². The second-order valence-corrected chi connectivity index (χ2v) is 4.26. The van der Waals surface area contributed by atoms with Crippen LogP contribution in [0.2, 0.25) is 0 Å². The van der Waals surface area contributed by atoms with E-state index in [2.05, 4.69) is 12.2 Å². The molecule has 2 unspecified atom stereocenters. The molecule has 2 aliphatic rings. The highest BCUT2D eigenvalue weighted by Crippen LogP contribution is 2.34. The van der Waals surface area contributed by atoms with Gasteiger partial charge < -0.3 is 5.32 Å². The van der Waals surface area contributed by atoms with Crippen molar-refractivity contribution < 1.29 is 0 Å². The third-order valence-electron chi connectivity index (χ3n) is 3.57. The molecule has 1 aliphatic carbocycles. The number of hydrogen-bond donors (Lipinski definition) is 1. The van der Waals surface area contributed by atoms with Gasteiger partial charge in [-0.2, -0.15) is 0 Å². The van der Waals surface area contributed by atoms with Crippen molar-refractivity contribution in [1.82, 2.24) is 5.32 Å². The zero-order valence-corrected chi connectivity index (χ0v) is 7.47. The molecule has 1 aliphatic heterocycles. The van der Waals surface area contributed by atoms with Crippen LogP contribution < -0.4 is 5.32 Å². The largest absolute Gasteiger partial charge is 0.314 e. The van der Waals surface area contributed by atoms with E-state index in [1.807, 2.05) is 0 Å². The molecule has 1 saturated carbocycles. The lowest BCUT2D eigenvalue weighted by Crippen LogP contribution is -2.54. The van der Waals surface area contributed by atoms with E-state index in [4.69, 9.17) is 0 Å². The van der Waals surface area contributed by atoms with Crippen LogP contribution in [0.1, 0.15) is 39.0 Å². The molecule has 2 rings (SSSR count). The SMILES string of the molecule is CC1NCC1C1CCCCC1. The topological polar surface area (TPSA) is 12.0 Å². The van der Waals surface area contributed by atoms with E-state index in [0.29, 0.717) is 0 Å². The first-order valence-corrected chi connectivity index (χ1v) is 5.11. The van der Waals surface area contributed by atoms with Gasteiger partial charge in [0.15, 0.2) is 0 Å². The van der Waals surface area contributed by atoms with Crippen LogP contribution >= 0.6 is 0 Å². The van der Waals surface area contributed by atoms with Crippen molar-refractivity contribution in [2.75, 3.05) is 6.54 Å². The maximum absolute atomic E-state index is 3.46. The Morgan fingerprint density at radius 1 is 1.09 bits per heavy atom. The van der Waals surface area contributed by atoms with Gasteiger partial charge in [0.2, 0.25) is 0 Å². The monoisotopic (exact) mass is 153 g/mol. The number of nitrogens with one attached hydrogen (secondary N) is 1. The summed E-state index contributed by atoms with van der Waals surface area (Å²) in [5, 5.41) is 3.46. The third-order valence-corrected chi connectivity index (χ3v) is 3.57. The van der Waals surface area contributed by atoms with Crippen LogP contribution in [0.15, 0.2) is 0 Å². The highest BCUT2D eigenvalue weighted by atomic mass is 15.0. The quantitative estimate of drug-likeness (QED) is 0.609. The van der Waals surface area contributed by atoms with Crippen LogP contribution in [0.3, 0.4) is 0 Å². The van der Waals surface area contributed by atoms with Gasteiger partial charge in [-0.15, -0.1) is 0 Å². The molecule has 0 aromatic carbocycles. The molecule has 1 heteroatoms. The first-order chi connectivity index (χ1) is 5.38. The lowest BCUT2D eigenvalue weighted by atomic mass is 9.73. The van der Waals surface area contributed by atoms with Crippen molar-refractivity contribution in [2.45, 2.75) is 45.1 Å². The summed E-state index contributed by atoms with van der Waals surface area (Å²) in [5.41, 5.74) is 0. The second kappa shape index (κ2) is 3.14. The van der Waals surface area contributed by atoms with Crippen LogP contribution in [0.25, 0.3) is 0 Å². The van der Waals surface area contributed by atoms with Gasteiger partial charge in [-0.25, -0.2) is 0 Å². The second-order valence-electron chi connectivity index (χ2n) is 4.26. The summed E-state index contributed by atoms with van der Waals surface area (Å²) < 4.78 is 0. The standard InChI is InChI=1S/C10H19N/c1-8-10(7-11-8)9-5-3-2-4-6-9/h8-11H,2-7H2,1H3. The van der Waals surface area contributed by atoms with Gasteiger partial charge in [-0.3, -0.25) is 0 Å². The van der Waals surface area contributed by atoms with Crippen LogP contribution in [-0.2, 0) is 0 Å². The molecule has 0 spiro atoms. The Morgan fingerprint density at radius 2 is 1.82 bits per heavy atom. The van der Waals surface area contributed by atoms with Crippen LogP contribution in [0.5, 0.6) is 0 Å². The molecule has 1 N–H and O–H groups in total. The van der Waals surface area contributed by atoms with Gasteiger partial charge in [0.1, 0.15) is 0 Å². The molecule has 1 saturated heterocycles. The van der Waals surface area contributed by atoms with E-state index in [-0.39, 0.29) is 0 Å². The summed E-state index contributed by atoms with van der Waals surface area (Å²) in [6.07, 6.45) is 7.50. The highest BCUT2D eigenvalue weighted by molar-refractivity contribution is 4.90. The van der Waals surface area contributed by atoms with Crippen molar-refractivity contribution in [1.29, 1.82) is 0 Å². The van der Waals surface area contributed by atoms with Gasteiger partial charge in [0.25, 0.3) is 0 Å². The van der Waals surface area contributed by atoms with E-state index in [9.17, 15) is 0 Å². The van der Waals surface area contributed by atoms with Crippen LogP contribution in [-0.4, -0.2) is 12.6 Å². The zero-order valence-electron chi connectivity index (χ0n) is 7.47. The Kier molecular flexibility index (Phi) is 2.17. The van der Waals surface area contributed by atoms with Crippen molar-refractivity contribution in [2.24, 2.45) is 11.8 Å². The minimum absolute atomic E-state index is 0.818. The summed E-state index contributed by atoms with van der Waals surface area (Å²) in [5.74, 6) is 2.09. The molecule has 2 atom stereocenters. The first kappa shape index (κ1) is 7.60. The smallest absolute Gasteiger partial charge is 0.00819 e. The Morgan fingerprint density at radius 3 is 2.27 bits per heavy atom. The Balaban J connectivity index is 1.83. The molecule has 0 bridgehead atoms. The minimum atomic E-state index is 0.818. The van der Waals surface area contributed by atoms with Gasteiger partial charge in [-0.05, 0) is 25.3 Å². The van der Waals surface area contributed by atoms with Crippen LogP contribution in [0.4, 0.5) is 0 Å². The van der Waals surface area contributed by atoms with Crippen molar-refractivity contribution >= 4 is 0 Å². The molecule has 0 radical (unpaired) electrons. The third kappa shape index (κ3) is 1.44. The Labute approximate surface area is 69.6 Å². The van der Waals surface area contributed by atoms with E-state index >= 15 is 0 Å². The molecule has 1 heterocycles. The molecule has 64 valence electrons. The average molecular weight is 153 g/mol. The predicted octanol–water partition coefficient (Wildman–Crippen LogP) is 2.17. The van der Waals surface area contributed by atoms with E-state index in [1.54, 1.807) is 0 Å². The summed E-state index contributed by atoms with van der Waals surface area (Å²) in [7, 11) is 0. The maximum atomic E-state index is 3.46. The lowest BCUT2D eigenvalue weighted by Gasteiger charge is -2.42. The molecule has 11 heavy (non-hydrogen) atoms. The summed E-state index contributed by atoms with van der Waals surface area (Å²) in [6, 6.07) is 0.818. The average Bonchev–Trinajstić information content (AvgIpc) is 2.04. The van der Waals surface area contributed by atoms with Gasteiger partial charge in [-0.1, -0.05) is 32.1 Å². The van der Waals surface area contributed by atoms with Crippen LogP contribution in [0, 0.1) is 11.8 Å². The molecule has 1 nitrogen and oxygen atoms in total. The summed E-state index contributed by atoms with van der Waals surface area (Å²) in [4.78, 5) is 0. The molecule has 0 amide bonds. The zero-order chi connectivity index (χ0) is 7.68. The van der Waals surface area contributed by atoms with Gasteiger partial charge >= 0.3 is 0 Å². The lowest BCUT2D eigenvalue weighted by molar-refractivity contribution is 0.131. The first-order valence-electron chi connectivity index (χ1n) is 5.11. The highest BCUT2D eigenvalue weighted by Gasteiger charge is 2.33. The molecule has 2 fully saturated rings. The van der Waals surface area contributed by atoms with Crippen molar-refractivity contribution in [3.63, 3.8) is 0 Å². The fourth-order valence-corrected chi connectivity index (χ4v) is 2.63. The molecular weight excluding hydrogens is 134 g/mol. The van der Waals surface area contributed by atoms with E-state index in [0.717, 1.165) is 17.9 Å². The van der Waals surface area contributed by atoms with Gasteiger partial charge in [0, 0.05) is 6.04 Å². The number of hydrogen-bond acceptors (Lipinski definition) is 1. The minimum Gasteiger partial charge on any atom is -0.314 e. The predicted molar refractivity (Wildman–Crippen MR) is 47.5 cm³/mol. The Bertz CT molecular complexity index is 127. The van der Waals surface area contributed by atoms with Gasteiger partial charge in [0.05, 0.1) is 0 Å². The maximum Gasteiger partial charge on any atom is 0.00819 e. The molecule has 0 aromatic rings. The molecular formula is C10H19N. The van der Waals surface area contributed by atoms with Crippen molar-refractivity contribution in [3.8, 4) is 0 Å². The normalized spacial score (nSPS) is 40.1. The van der Waals surface area contributed by atoms with Crippen molar-refractivity contribution in [3.05, 3.63) is 0 Å². The number of rotatable bonds is 1. The fourth-order valence-electron chi connectivity index (χ4n) is 2.63. The molecule has 0 aromatic heterocycles. The summed E-state index contributed by atoms with van der Waals surface area (Å²) >= 11 is 0. The summed E-state index contributed by atoms with van der Waals surface area (Å²) in [6.45, 7) is 3.63. The fraction of sp³-hybridized carbons (Fsp3) is 1.00. The van der Waals surface area contributed by atoms with E-state index < -0.39 is 0 Å². The Hall–Kier alpha value is -0.0400.